The smallest absolute Gasteiger partial charge is 0.227 e. The Morgan fingerprint density at radius 2 is 1.80 bits per heavy atom. The second-order valence-electron chi connectivity index (χ2n) is 9.47. The van der Waals surface area contributed by atoms with Crippen LogP contribution in [0.15, 0.2) is 66.7 Å². The quantitative estimate of drug-likeness (QED) is 0.417. The molecule has 1 N–H and O–H groups in total. The Labute approximate surface area is 205 Å². The molecule has 4 aromatic rings. The van der Waals surface area contributed by atoms with Crippen LogP contribution in [-0.2, 0) is 11.3 Å². The number of amides is 1. The van der Waals surface area contributed by atoms with Gasteiger partial charge in [0.1, 0.15) is 24.3 Å². The van der Waals surface area contributed by atoms with Crippen molar-refractivity contribution in [3.63, 3.8) is 0 Å². The predicted molar refractivity (Wildman–Crippen MR) is 138 cm³/mol. The molecule has 6 nitrogen and oxygen atoms in total. The Morgan fingerprint density at radius 1 is 1.03 bits per heavy atom. The predicted octanol–water partition coefficient (Wildman–Crippen LogP) is 4.92. The first-order valence-corrected chi connectivity index (χ1v) is 12.1. The van der Waals surface area contributed by atoms with Gasteiger partial charge in [-0.25, -0.2) is 4.98 Å². The average molecular weight is 470 g/mol. The number of nitrogens with zero attached hydrogens (tertiary/aromatic N) is 3. The zero-order valence-corrected chi connectivity index (χ0v) is 20.4. The molecule has 1 amide bonds. The standard InChI is InChI=1S/C29H31N3O3/c1-19-11-13-23(14-12-19)31-16-22(15-28(31)34)29-30-25-8-4-5-9-26(25)32(29)17-24(33)18-35-27-10-6-7-20(2)21(27)3/h4-14,22,24,33H,15-18H2,1-3H3/t22-,24+/m1/s1. The van der Waals surface area contributed by atoms with Crippen LogP contribution in [0.3, 0.4) is 0 Å². The van der Waals surface area contributed by atoms with E-state index >= 15 is 0 Å². The Balaban J connectivity index is 1.38. The Morgan fingerprint density at radius 3 is 2.60 bits per heavy atom. The molecule has 1 aliphatic heterocycles. The third-order valence-corrected chi connectivity index (χ3v) is 6.90. The van der Waals surface area contributed by atoms with Gasteiger partial charge in [0, 0.05) is 24.6 Å². The molecular weight excluding hydrogens is 438 g/mol. The van der Waals surface area contributed by atoms with Gasteiger partial charge in [0.25, 0.3) is 0 Å². The Bertz CT molecular complexity index is 1360. The van der Waals surface area contributed by atoms with Crippen LogP contribution < -0.4 is 9.64 Å². The van der Waals surface area contributed by atoms with E-state index in [0.29, 0.717) is 19.5 Å². The summed E-state index contributed by atoms with van der Waals surface area (Å²) >= 11 is 0. The number of imidazole rings is 1. The number of fused-ring (bicyclic) bond motifs is 1. The fourth-order valence-electron chi connectivity index (χ4n) is 4.78. The number of hydrogen-bond acceptors (Lipinski definition) is 4. The lowest BCUT2D eigenvalue weighted by atomic mass is 10.1. The molecule has 35 heavy (non-hydrogen) atoms. The van der Waals surface area contributed by atoms with Gasteiger partial charge in [0.2, 0.25) is 5.91 Å². The number of ether oxygens (including phenoxy) is 1. The van der Waals surface area contributed by atoms with E-state index < -0.39 is 6.10 Å². The molecule has 0 unspecified atom stereocenters. The van der Waals surface area contributed by atoms with Gasteiger partial charge >= 0.3 is 0 Å². The molecule has 0 spiro atoms. The number of hydrogen-bond donors (Lipinski definition) is 1. The number of carbonyl (C=O) groups is 1. The second kappa shape index (κ2) is 9.55. The van der Waals surface area contributed by atoms with Crippen molar-refractivity contribution in [2.75, 3.05) is 18.1 Å². The van der Waals surface area contributed by atoms with Gasteiger partial charge < -0.3 is 19.3 Å². The van der Waals surface area contributed by atoms with Crippen molar-refractivity contribution >= 4 is 22.6 Å². The summed E-state index contributed by atoms with van der Waals surface area (Å²) in [5.74, 6) is 1.66. The van der Waals surface area contributed by atoms with E-state index in [1.54, 1.807) is 0 Å². The molecule has 0 bridgehead atoms. The summed E-state index contributed by atoms with van der Waals surface area (Å²) in [6.07, 6.45) is -0.330. The topological polar surface area (TPSA) is 67.6 Å². The van der Waals surface area contributed by atoms with Crippen molar-refractivity contribution in [1.82, 2.24) is 9.55 Å². The van der Waals surface area contributed by atoms with Crippen molar-refractivity contribution in [3.05, 3.63) is 89.2 Å². The van der Waals surface area contributed by atoms with E-state index in [1.807, 2.05) is 92.4 Å². The maximum atomic E-state index is 12.9. The van der Waals surface area contributed by atoms with E-state index in [4.69, 9.17) is 9.72 Å². The number of carbonyl (C=O) groups excluding carboxylic acids is 1. The van der Waals surface area contributed by atoms with Crippen LogP contribution >= 0.6 is 0 Å². The molecule has 1 fully saturated rings. The first kappa shape index (κ1) is 23.1. The lowest BCUT2D eigenvalue weighted by molar-refractivity contribution is -0.117. The first-order valence-electron chi connectivity index (χ1n) is 12.1. The molecule has 180 valence electrons. The summed E-state index contributed by atoms with van der Waals surface area (Å²) in [5, 5.41) is 10.9. The molecule has 1 aromatic heterocycles. The molecular formula is C29H31N3O3. The summed E-state index contributed by atoms with van der Waals surface area (Å²) < 4.78 is 8.02. The number of aliphatic hydroxyl groups excluding tert-OH is 1. The number of rotatable bonds is 7. The lowest BCUT2D eigenvalue weighted by Gasteiger charge is -2.19. The van der Waals surface area contributed by atoms with E-state index in [2.05, 4.69) is 4.57 Å². The normalized spacial score (nSPS) is 16.7. The summed E-state index contributed by atoms with van der Waals surface area (Å²) in [5.41, 5.74) is 6.13. The van der Waals surface area contributed by atoms with E-state index in [9.17, 15) is 9.90 Å². The first-order chi connectivity index (χ1) is 16.9. The van der Waals surface area contributed by atoms with E-state index in [-0.39, 0.29) is 18.4 Å². The van der Waals surface area contributed by atoms with Gasteiger partial charge in [-0.3, -0.25) is 4.79 Å². The van der Waals surface area contributed by atoms with Crippen molar-refractivity contribution in [2.45, 2.75) is 45.8 Å². The third-order valence-electron chi connectivity index (χ3n) is 6.90. The molecule has 0 radical (unpaired) electrons. The van der Waals surface area contributed by atoms with Crippen LogP contribution in [0.25, 0.3) is 11.0 Å². The number of anilines is 1. The average Bonchev–Trinajstić information content (AvgIpc) is 3.41. The van der Waals surface area contributed by atoms with Crippen molar-refractivity contribution in [1.29, 1.82) is 0 Å². The fourth-order valence-corrected chi connectivity index (χ4v) is 4.78. The highest BCUT2D eigenvalue weighted by molar-refractivity contribution is 5.96. The zero-order valence-electron chi connectivity index (χ0n) is 20.4. The molecule has 3 aromatic carbocycles. The van der Waals surface area contributed by atoms with E-state index in [0.717, 1.165) is 45.0 Å². The summed E-state index contributed by atoms with van der Waals surface area (Å²) in [6, 6.07) is 21.9. The van der Waals surface area contributed by atoms with Crippen LogP contribution in [0.5, 0.6) is 5.75 Å². The van der Waals surface area contributed by atoms with Crippen LogP contribution in [-0.4, -0.2) is 39.8 Å². The van der Waals surface area contributed by atoms with Crippen LogP contribution in [0, 0.1) is 20.8 Å². The molecule has 1 aliphatic rings. The van der Waals surface area contributed by atoms with Crippen LogP contribution in [0.2, 0.25) is 0 Å². The minimum atomic E-state index is -0.725. The van der Waals surface area contributed by atoms with Gasteiger partial charge in [0.15, 0.2) is 0 Å². The number of para-hydroxylation sites is 2. The maximum absolute atomic E-state index is 12.9. The molecule has 6 heteroatoms. The highest BCUT2D eigenvalue weighted by atomic mass is 16.5. The fraction of sp³-hybridized carbons (Fsp3) is 0.310. The lowest BCUT2D eigenvalue weighted by Crippen LogP contribution is -2.26. The van der Waals surface area contributed by atoms with Crippen LogP contribution in [0.4, 0.5) is 5.69 Å². The minimum Gasteiger partial charge on any atom is -0.491 e. The van der Waals surface area contributed by atoms with Gasteiger partial charge in [-0.05, 0) is 62.2 Å². The third kappa shape index (κ3) is 4.66. The molecule has 2 heterocycles. The molecule has 2 atom stereocenters. The Kier molecular flexibility index (Phi) is 6.31. The Hall–Kier alpha value is -3.64. The molecule has 5 rings (SSSR count). The SMILES string of the molecule is Cc1ccc(N2C[C@H](c3nc4ccccc4n3C[C@H](O)COc3cccc(C)c3C)CC2=O)cc1. The summed E-state index contributed by atoms with van der Waals surface area (Å²) in [4.78, 5) is 19.7. The van der Waals surface area contributed by atoms with Gasteiger partial charge in [-0.2, -0.15) is 0 Å². The van der Waals surface area contributed by atoms with Crippen molar-refractivity contribution in [2.24, 2.45) is 0 Å². The van der Waals surface area contributed by atoms with E-state index in [1.165, 1.54) is 0 Å². The summed E-state index contributed by atoms with van der Waals surface area (Å²) in [6.45, 7) is 7.20. The highest BCUT2D eigenvalue weighted by Gasteiger charge is 2.35. The van der Waals surface area contributed by atoms with Gasteiger partial charge in [-0.1, -0.05) is 42.0 Å². The molecule has 0 aliphatic carbocycles. The van der Waals surface area contributed by atoms with Crippen LogP contribution in [0.1, 0.15) is 34.9 Å². The number of benzene rings is 3. The largest absolute Gasteiger partial charge is 0.491 e. The van der Waals surface area contributed by atoms with Gasteiger partial charge in [0.05, 0.1) is 17.6 Å². The van der Waals surface area contributed by atoms with Gasteiger partial charge in [-0.15, -0.1) is 0 Å². The summed E-state index contributed by atoms with van der Waals surface area (Å²) in [7, 11) is 0. The monoisotopic (exact) mass is 469 g/mol. The van der Waals surface area contributed by atoms with Crippen molar-refractivity contribution < 1.29 is 14.6 Å². The zero-order chi connectivity index (χ0) is 24.5. The van der Waals surface area contributed by atoms with Crippen molar-refractivity contribution in [3.8, 4) is 5.75 Å². The minimum absolute atomic E-state index is 0.0525. The molecule has 0 saturated carbocycles. The number of aliphatic hydroxyl groups is 1. The maximum Gasteiger partial charge on any atom is 0.227 e. The molecule has 1 saturated heterocycles. The highest BCUT2D eigenvalue weighted by Crippen LogP contribution is 2.33. The second-order valence-corrected chi connectivity index (χ2v) is 9.47. The number of aryl methyl sites for hydroxylation is 2. The number of aromatic nitrogens is 2.